The predicted molar refractivity (Wildman–Crippen MR) is 119 cm³/mol. The van der Waals surface area contributed by atoms with Crippen molar-refractivity contribution in [2.24, 2.45) is 0 Å². The number of anilines is 1. The molecule has 0 N–H and O–H groups in total. The van der Waals surface area contributed by atoms with Crippen molar-refractivity contribution in [3.63, 3.8) is 0 Å². The highest BCUT2D eigenvalue weighted by Crippen LogP contribution is 2.31. The molecule has 0 aliphatic carbocycles. The molecule has 160 valence electrons. The first-order chi connectivity index (χ1) is 15.4. The van der Waals surface area contributed by atoms with E-state index in [4.69, 9.17) is 4.74 Å². The van der Waals surface area contributed by atoms with E-state index >= 15 is 0 Å². The third-order valence-corrected chi connectivity index (χ3v) is 5.45. The van der Waals surface area contributed by atoms with Gasteiger partial charge in [0.05, 0.1) is 22.4 Å². The zero-order valence-electron chi connectivity index (χ0n) is 17.7. The molecule has 1 atom stereocenters. The maximum absolute atomic E-state index is 12.9. The molecule has 6 nitrogen and oxygen atoms in total. The predicted octanol–water partition coefficient (Wildman–Crippen LogP) is 4.61. The summed E-state index contributed by atoms with van der Waals surface area (Å²) in [6, 6.07) is 19.9. The number of nitrogens with zero attached hydrogens (tertiary/aromatic N) is 1. The molecule has 0 saturated carbocycles. The second kappa shape index (κ2) is 8.59. The summed E-state index contributed by atoms with van der Waals surface area (Å²) in [6.45, 7) is 3.51. The van der Waals surface area contributed by atoms with Gasteiger partial charge in [-0.1, -0.05) is 55.5 Å². The molecule has 1 heterocycles. The van der Waals surface area contributed by atoms with Gasteiger partial charge in [0, 0.05) is 5.56 Å². The van der Waals surface area contributed by atoms with Crippen LogP contribution in [0.3, 0.4) is 0 Å². The van der Waals surface area contributed by atoms with E-state index in [0.717, 1.165) is 4.90 Å². The third-order valence-electron chi connectivity index (χ3n) is 5.45. The fraction of sp³-hybridized carbons (Fsp3) is 0.154. The van der Waals surface area contributed by atoms with E-state index in [1.165, 1.54) is 6.07 Å². The number of imide groups is 1. The summed E-state index contributed by atoms with van der Waals surface area (Å²) in [5, 5.41) is 0. The summed E-state index contributed by atoms with van der Waals surface area (Å²) in [7, 11) is 0. The number of hydrogen-bond acceptors (Lipinski definition) is 5. The van der Waals surface area contributed by atoms with Gasteiger partial charge in [-0.3, -0.25) is 14.4 Å². The lowest BCUT2D eigenvalue weighted by atomic mass is 10.0. The number of hydrogen-bond donors (Lipinski definition) is 0. The highest BCUT2D eigenvalue weighted by atomic mass is 16.5. The largest absolute Gasteiger partial charge is 0.450 e. The number of fused-ring (bicyclic) bond motifs is 1. The summed E-state index contributed by atoms with van der Waals surface area (Å²) in [5.74, 6) is -1.86. The van der Waals surface area contributed by atoms with Crippen LogP contribution in [0.25, 0.3) is 0 Å². The number of carbonyl (C=O) groups excluding carboxylic acids is 4. The highest BCUT2D eigenvalue weighted by molar-refractivity contribution is 6.34. The van der Waals surface area contributed by atoms with Crippen LogP contribution in [-0.4, -0.2) is 29.7 Å². The van der Waals surface area contributed by atoms with Crippen LogP contribution >= 0.6 is 0 Å². The van der Waals surface area contributed by atoms with Gasteiger partial charge < -0.3 is 4.74 Å². The second-order valence-corrected chi connectivity index (χ2v) is 7.53. The number of amides is 2. The number of Topliss-reactive ketones (excluding diaryl/α,β-unsaturated/α-hetero) is 1. The number of aryl methyl sites for hydroxylation is 1. The second-order valence-electron chi connectivity index (χ2n) is 7.53. The molecule has 1 aliphatic heterocycles. The Balaban J connectivity index is 1.60. The SMILES string of the molecule is CC[C@H](OC(=O)c1ccc(C)c(N2C(=O)c3ccccc3C2=O)c1)C(=O)c1ccccc1. The van der Waals surface area contributed by atoms with Crippen LogP contribution in [0.15, 0.2) is 72.8 Å². The zero-order chi connectivity index (χ0) is 22.8. The fourth-order valence-corrected chi connectivity index (χ4v) is 3.69. The smallest absolute Gasteiger partial charge is 0.338 e. The molecule has 3 aromatic rings. The van der Waals surface area contributed by atoms with Gasteiger partial charge in [-0.2, -0.15) is 0 Å². The lowest BCUT2D eigenvalue weighted by molar-refractivity contribution is 0.0277. The lowest BCUT2D eigenvalue weighted by Gasteiger charge is -2.19. The van der Waals surface area contributed by atoms with Crippen molar-refractivity contribution in [3.05, 3.63) is 101 Å². The summed E-state index contributed by atoms with van der Waals surface area (Å²) in [6.07, 6.45) is -0.620. The third kappa shape index (κ3) is 3.71. The molecule has 32 heavy (non-hydrogen) atoms. The average molecular weight is 427 g/mol. The molecular weight excluding hydrogens is 406 g/mol. The van der Waals surface area contributed by atoms with E-state index in [1.54, 1.807) is 80.6 Å². The molecule has 0 aromatic heterocycles. The van der Waals surface area contributed by atoms with Crippen molar-refractivity contribution in [2.75, 3.05) is 4.90 Å². The van der Waals surface area contributed by atoms with E-state index < -0.39 is 23.9 Å². The minimum Gasteiger partial charge on any atom is -0.450 e. The Morgan fingerprint density at radius 3 is 2.03 bits per heavy atom. The zero-order valence-corrected chi connectivity index (χ0v) is 17.7. The van der Waals surface area contributed by atoms with Gasteiger partial charge >= 0.3 is 5.97 Å². The first kappa shape index (κ1) is 21.2. The van der Waals surface area contributed by atoms with E-state index in [1.807, 2.05) is 0 Å². The molecule has 3 aromatic carbocycles. The molecule has 0 spiro atoms. The van der Waals surface area contributed by atoms with Crippen molar-refractivity contribution in [1.29, 1.82) is 0 Å². The van der Waals surface area contributed by atoms with Crippen molar-refractivity contribution in [3.8, 4) is 0 Å². The minimum absolute atomic E-state index is 0.154. The highest BCUT2D eigenvalue weighted by Gasteiger charge is 2.37. The van der Waals surface area contributed by atoms with E-state index in [0.29, 0.717) is 34.4 Å². The van der Waals surface area contributed by atoms with E-state index in [9.17, 15) is 19.2 Å². The Hall–Kier alpha value is -4.06. The molecule has 0 bridgehead atoms. The molecule has 2 amide bonds. The maximum Gasteiger partial charge on any atom is 0.338 e. The van der Waals surface area contributed by atoms with Crippen LogP contribution in [-0.2, 0) is 4.74 Å². The van der Waals surface area contributed by atoms with Crippen LogP contribution in [0.2, 0.25) is 0 Å². The monoisotopic (exact) mass is 427 g/mol. The molecular formula is C26H21NO5. The van der Waals surface area contributed by atoms with Gasteiger partial charge in [-0.15, -0.1) is 0 Å². The topological polar surface area (TPSA) is 80.8 Å². The molecule has 6 heteroatoms. The van der Waals surface area contributed by atoms with Crippen molar-refractivity contribution in [1.82, 2.24) is 0 Å². The quantitative estimate of drug-likeness (QED) is 0.326. The van der Waals surface area contributed by atoms with Gasteiger partial charge in [0.25, 0.3) is 11.8 Å². The molecule has 0 unspecified atom stereocenters. The summed E-state index contributed by atoms with van der Waals surface area (Å²) in [4.78, 5) is 52.3. The number of ether oxygens (including phenoxy) is 1. The summed E-state index contributed by atoms with van der Waals surface area (Å²) >= 11 is 0. The Kier molecular flexibility index (Phi) is 5.69. The molecule has 1 aliphatic rings. The Morgan fingerprint density at radius 2 is 1.44 bits per heavy atom. The first-order valence-corrected chi connectivity index (χ1v) is 10.3. The Labute approximate surface area is 185 Å². The molecule has 4 rings (SSSR count). The fourth-order valence-electron chi connectivity index (χ4n) is 3.69. The van der Waals surface area contributed by atoms with Gasteiger partial charge in [0.15, 0.2) is 6.10 Å². The van der Waals surface area contributed by atoms with Gasteiger partial charge in [0.1, 0.15) is 0 Å². The van der Waals surface area contributed by atoms with Crippen LogP contribution in [0.4, 0.5) is 5.69 Å². The normalized spacial score (nSPS) is 13.6. The number of ketones is 1. The number of carbonyl (C=O) groups is 4. The van der Waals surface area contributed by atoms with E-state index in [2.05, 4.69) is 0 Å². The van der Waals surface area contributed by atoms with Crippen molar-refractivity contribution >= 4 is 29.3 Å². The van der Waals surface area contributed by atoms with Gasteiger partial charge in [-0.05, 0) is 43.2 Å². The maximum atomic E-state index is 12.9. The van der Waals surface area contributed by atoms with Crippen molar-refractivity contribution in [2.45, 2.75) is 26.4 Å². The number of benzene rings is 3. The summed E-state index contributed by atoms with van der Waals surface area (Å²) < 4.78 is 5.50. The molecule has 0 fully saturated rings. The van der Waals surface area contributed by atoms with E-state index in [-0.39, 0.29) is 11.3 Å². The summed E-state index contributed by atoms with van der Waals surface area (Å²) in [5.41, 5.74) is 2.23. The molecule has 0 radical (unpaired) electrons. The van der Waals surface area contributed by atoms with Crippen LogP contribution in [0.5, 0.6) is 0 Å². The molecule has 0 saturated heterocycles. The lowest BCUT2D eigenvalue weighted by Crippen LogP contribution is -2.30. The Morgan fingerprint density at radius 1 is 0.844 bits per heavy atom. The standard InChI is InChI=1S/C26H21NO5/c1-3-22(23(28)17-9-5-4-6-10-17)32-26(31)18-14-13-16(2)21(15-18)27-24(29)19-11-7-8-12-20(19)25(27)30/h4-15,22H,3H2,1-2H3/t22-/m0/s1. The van der Waals surface area contributed by atoms with Crippen LogP contribution in [0.1, 0.15) is 60.3 Å². The number of rotatable bonds is 6. The first-order valence-electron chi connectivity index (χ1n) is 10.3. The average Bonchev–Trinajstić information content (AvgIpc) is 3.08. The van der Waals surface area contributed by atoms with Crippen LogP contribution < -0.4 is 4.90 Å². The number of esters is 1. The van der Waals surface area contributed by atoms with Gasteiger partial charge in [-0.25, -0.2) is 9.69 Å². The van der Waals surface area contributed by atoms with Crippen LogP contribution in [0, 0.1) is 6.92 Å². The minimum atomic E-state index is -0.936. The Bertz CT molecular complexity index is 1200. The van der Waals surface area contributed by atoms with Gasteiger partial charge in [0.2, 0.25) is 5.78 Å². The van der Waals surface area contributed by atoms with Crippen molar-refractivity contribution < 1.29 is 23.9 Å².